The van der Waals surface area contributed by atoms with Gasteiger partial charge in [0.05, 0.1) is 27.2 Å². The molecule has 3 aromatic carbocycles. The van der Waals surface area contributed by atoms with Gasteiger partial charge in [-0.3, -0.25) is 9.00 Å². The molecule has 0 amide bonds. The number of ether oxygens (including phenoxy) is 4. The standard InChI is InChI=1S/C25H27IO7S/c1-4-11-32-20-12-17(14-25(27)28)13-22(15-20)34(26,29)21-8-5-18(6-9-21)33-19-7-10-23(30-2)24(16-19)31-3/h5-10,12-13,15-16,34H,4,11,14H2,1-3H3,(H,27,28). The maximum atomic E-state index is 13.8. The van der Waals surface area contributed by atoms with Crippen LogP contribution in [0.5, 0.6) is 28.7 Å². The number of benzene rings is 3. The molecule has 0 heterocycles. The monoisotopic (exact) mass is 598 g/mol. The smallest absolute Gasteiger partial charge is 0.307 e. The van der Waals surface area contributed by atoms with Crippen LogP contribution in [0.15, 0.2) is 70.5 Å². The highest BCUT2D eigenvalue weighted by atomic mass is 127. The zero-order valence-electron chi connectivity index (χ0n) is 19.1. The van der Waals surface area contributed by atoms with E-state index in [1.54, 1.807) is 74.9 Å². The first-order chi connectivity index (χ1) is 16.3. The number of carboxylic acid groups (broad SMARTS) is 1. The summed E-state index contributed by atoms with van der Waals surface area (Å²) in [4.78, 5) is 12.4. The molecule has 3 aromatic rings. The van der Waals surface area contributed by atoms with Gasteiger partial charge >= 0.3 is 5.97 Å². The van der Waals surface area contributed by atoms with Gasteiger partial charge in [0.15, 0.2) is 11.5 Å². The number of carboxylic acids is 1. The molecule has 0 aliphatic rings. The van der Waals surface area contributed by atoms with Gasteiger partial charge in [0.25, 0.3) is 0 Å². The van der Waals surface area contributed by atoms with Crippen LogP contribution in [0.4, 0.5) is 0 Å². The summed E-state index contributed by atoms with van der Waals surface area (Å²) >= 11 is 1.95. The van der Waals surface area contributed by atoms with Crippen molar-refractivity contribution < 1.29 is 33.1 Å². The number of carbonyl (C=O) groups is 1. The minimum Gasteiger partial charge on any atom is -0.494 e. The van der Waals surface area contributed by atoms with Crippen molar-refractivity contribution in [2.24, 2.45) is 0 Å². The van der Waals surface area contributed by atoms with Crippen LogP contribution in [0, 0.1) is 0 Å². The lowest BCUT2D eigenvalue weighted by Crippen LogP contribution is -2.07. The molecular weight excluding hydrogens is 571 g/mol. The van der Waals surface area contributed by atoms with Crippen molar-refractivity contribution in [1.82, 2.24) is 0 Å². The minimum atomic E-state index is -3.05. The van der Waals surface area contributed by atoms with Crippen LogP contribution in [-0.4, -0.2) is 36.1 Å². The molecule has 0 saturated heterocycles. The molecule has 182 valence electrons. The van der Waals surface area contributed by atoms with E-state index in [1.807, 2.05) is 28.1 Å². The fraction of sp³-hybridized carbons (Fsp3) is 0.240. The third kappa shape index (κ3) is 6.41. The first kappa shape index (κ1) is 25.8. The average molecular weight is 598 g/mol. The van der Waals surface area contributed by atoms with Crippen LogP contribution in [0.1, 0.15) is 18.9 Å². The molecule has 34 heavy (non-hydrogen) atoms. The third-order valence-corrected chi connectivity index (χ3v) is 10.1. The van der Waals surface area contributed by atoms with Crippen molar-refractivity contribution in [3.8, 4) is 28.7 Å². The molecule has 0 aliphatic heterocycles. The van der Waals surface area contributed by atoms with Crippen LogP contribution in [0.2, 0.25) is 0 Å². The van der Waals surface area contributed by atoms with Gasteiger partial charge in [0.2, 0.25) is 0 Å². The van der Waals surface area contributed by atoms with Crippen molar-refractivity contribution in [2.75, 3.05) is 20.8 Å². The molecule has 0 atom stereocenters. The van der Waals surface area contributed by atoms with Gasteiger partial charge in [0, 0.05) is 37.1 Å². The van der Waals surface area contributed by atoms with Crippen LogP contribution >= 0.6 is 21.2 Å². The normalized spacial score (nSPS) is 11.5. The molecular formula is C25H27IO7S. The van der Waals surface area contributed by atoms with Gasteiger partial charge in [-0.2, -0.15) is 0 Å². The van der Waals surface area contributed by atoms with Crippen LogP contribution in [0.25, 0.3) is 0 Å². The lowest BCUT2D eigenvalue weighted by molar-refractivity contribution is -0.136. The Morgan fingerprint density at radius 2 is 1.56 bits per heavy atom. The van der Waals surface area contributed by atoms with Crippen molar-refractivity contribution in [1.29, 1.82) is 0 Å². The molecule has 0 unspecified atom stereocenters. The minimum absolute atomic E-state index is 0.176. The van der Waals surface area contributed by atoms with Gasteiger partial charge in [-0.25, -0.2) is 0 Å². The lowest BCUT2D eigenvalue weighted by Gasteiger charge is -2.20. The van der Waals surface area contributed by atoms with Crippen molar-refractivity contribution in [2.45, 2.75) is 29.6 Å². The maximum absolute atomic E-state index is 13.8. The Hall–Kier alpha value is -2.79. The number of methoxy groups -OCH3 is 2. The number of thiol groups is 1. The summed E-state index contributed by atoms with van der Waals surface area (Å²) in [5.74, 6) is 1.85. The van der Waals surface area contributed by atoms with E-state index in [2.05, 4.69) is 0 Å². The Balaban J connectivity index is 1.87. The quantitative estimate of drug-likeness (QED) is 0.166. The Bertz CT molecular complexity index is 1190. The molecule has 0 spiro atoms. The van der Waals surface area contributed by atoms with Gasteiger partial charge in [-0.1, -0.05) is 6.92 Å². The van der Waals surface area contributed by atoms with Gasteiger partial charge in [-0.05, 0) is 73.7 Å². The van der Waals surface area contributed by atoms with E-state index in [1.165, 1.54) is 0 Å². The van der Waals surface area contributed by atoms with Crippen LogP contribution < -0.4 is 18.9 Å². The van der Waals surface area contributed by atoms with E-state index in [0.717, 1.165) is 6.42 Å². The molecule has 1 N–H and O–H groups in total. The summed E-state index contributed by atoms with van der Waals surface area (Å²) in [7, 11) is 0.0719. The predicted molar refractivity (Wildman–Crippen MR) is 140 cm³/mol. The second kappa shape index (κ2) is 11.6. The van der Waals surface area contributed by atoms with Crippen molar-refractivity contribution in [3.63, 3.8) is 0 Å². The maximum Gasteiger partial charge on any atom is 0.307 e. The summed E-state index contributed by atoms with van der Waals surface area (Å²) in [6, 6.07) is 17.3. The topological polar surface area (TPSA) is 91.3 Å². The Morgan fingerprint density at radius 1 is 0.882 bits per heavy atom. The highest BCUT2D eigenvalue weighted by molar-refractivity contribution is 14.2. The fourth-order valence-corrected chi connectivity index (χ4v) is 6.52. The highest BCUT2D eigenvalue weighted by Gasteiger charge is 2.20. The Morgan fingerprint density at radius 3 is 2.18 bits per heavy atom. The number of hydrogen-bond donors (Lipinski definition) is 2. The number of aliphatic carboxylic acids is 1. The zero-order valence-corrected chi connectivity index (χ0v) is 22.2. The van der Waals surface area contributed by atoms with Gasteiger partial charge < -0.3 is 24.1 Å². The van der Waals surface area contributed by atoms with Gasteiger partial charge in [0.1, 0.15) is 17.2 Å². The van der Waals surface area contributed by atoms with E-state index in [4.69, 9.17) is 18.9 Å². The molecule has 0 aromatic heterocycles. The lowest BCUT2D eigenvalue weighted by atomic mass is 10.1. The largest absolute Gasteiger partial charge is 0.494 e. The first-order valence-corrected chi connectivity index (χ1v) is 15.1. The van der Waals surface area contributed by atoms with E-state index >= 15 is 0 Å². The third-order valence-electron chi connectivity index (χ3n) is 4.87. The summed E-state index contributed by atoms with van der Waals surface area (Å²) in [5, 5.41) is 9.22. The van der Waals surface area contributed by atoms with Gasteiger partial charge in [-0.15, -0.1) is 0 Å². The molecule has 0 bridgehead atoms. The van der Waals surface area contributed by atoms with Crippen LogP contribution in [0.3, 0.4) is 0 Å². The zero-order chi connectivity index (χ0) is 24.7. The van der Waals surface area contributed by atoms with E-state index in [-0.39, 0.29) is 6.42 Å². The number of halogens is 1. The fourth-order valence-electron chi connectivity index (χ4n) is 3.26. The van der Waals surface area contributed by atoms with E-state index < -0.39 is 13.1 Å². The summed E-state index contributed by atoms with van der Waals surface area (Å²) in [6.07, 6.45) is 0.632. The summed E-state index contributed by atoms with van der Waals surface area (Å²) in [5.41, 5.74) is 0.543. The average Bonchev–Trinajstić information content (AvgIpc) is 2.82. The molecule has 9 heteroatoms. The predicted octanol–water partition coefficient (Wildman–Crippen LogP) is 5.70. The van der Waals surface area contributed by atoms with E-state index in [0.29, 0.717) is 50.7 Å². The second-order valence-corrected chi connectivity index (χ2v) is 13.6. The van der Waals surface area contributed by atoms with E-state index in [9.17, 15) is 14.1 Å². The number of hydrogen-bond acceptors (Lipinski definition) is 6. The Labute approximate surface area is 212 Å². The molecule has 7 nitrogen and oxygen atoms in total. The molecule has 0 saturated carbocycles. The summed E-state index contributed by atoms with van der Waals surface area (Å²) < 4.78 is 36.0. The highest BCUT2D eigenvalue weighted by Crippen LogP contribution is 2.39. The molecule has 0 fully saturated rings. The van der Waals surface area contributed by atoms with Crippen molar-refractivity contribution in [3.05, 3.63) is 66.2 Å². The second-order valence-electron chi connectivity index (χ2n) is 7.40. The summed E-state index contributed by atoms with van der Waals surface area (Å²) in [6.45, 7) is 2.47. The molecule has 3 rings (SSSR count). The Kier molecular flexibility index (Phi) is 8.78. The molecule has 0 radical (unpaired) electrons. The SMILES string of the molecule is CCCOc1cc(CC(=O)O)cc([SH](=O)(I)c2ccc(Oc3ccc(OC)c(OC)c3)cc2)c1. The first-order valence-electron chi connectivity index (χ1n) is 10.6. The molecule has 0 aliphatic carbocycles. The van der Waals surface area contributed by atoms with Crippen LogP contribution in [-0.2, 0) is 18.3 Å². The number of rotatable bonds is 11. The van der Waals surface area contributed by atoms with Crippen molar-refractivity contribution >= 4 is 34.3 Å².